The first-order chi connectivity index (χ1) is 10.9. The maximum absolute atomic E-state index is 14.0. The Morgan fingerprint density at radius 1 is 1.35 bits per heavy atom. The fourth-order valence-corrected chi connectivity index (χ4v) is 2.80. The largest absolute Gasteiger partial charge is 0.436 e. The predicted octanol–water partition coefficient (Wildman–Crippen LogP) is 3.59. The molecule has 1 aliphatic carbocycles. The van der Waals surface area contributed by atoms with Crippen LogP contribution in [0.5, 0.6) is 11.6 Å². The summed E-state index contributed by atoms with van der Waals surface area (Å²) in [7, 11) is 0. The molecule has 0 radical (unpaired) electrons. The van der Waals surface area contributed by atoms with Gasteiger partial charge < -0.3 is 4.74 Å². The summed E-state index contributed by atoms with van der Waals surface area (Å²) in [6.45, 7) is 5.29. The van der Waals surface area contributed by atoms with Gasteiger partial charge in [-0.15, -0.1) is 5.10 Å². The van der Waals surface area contributed by atoms with Gasteiger partial charge in [-0.1, -0.05) is 6.92 Å². The van der Waals surface area contributed by atoms with E-state index in [1.165, 1.54) is 12.1 Å². The van der Waals surface area contributed by atoms with E-state index in [1.54, 1.807) is 20.8 Å². The van der Waals surface area contributed by atoms with E-state index in [9.17, 15) is 14.4 Å². The van der Waals surface area contributed by atoms with Crippen molar-refractivity contribution in [1.29, 1.82) is 5.26 Å². The fraction of sp³-hybridized carbons (Fsp3) is 0.294. The Bertz CT molecular complexity index is 871. The molecular weight excluding hydrogens is 297 g/mol. The number of nitrogens with zero attached hydrogens (tertiary/aromatic N) is 3. The second-order valence-electron chi connectivity index (χ2n) is 5.67. The predicted molar refractivity (Wildman–Crippen MR) is 80.1 cm³/mol. The van der Waals surface area contributed by atoms with Crippen molar-refractivity contribution in [3.63, 3.8) is 0 Å². The minimum Gasteiger partial charge on any atom is -0.436 e. The van der Waals surface area contributed by atoms with Crippen LogP contribution < -0.4 is 4.74 Å². The van der Waals surface area contributed by atoms with E-state index in [2.05, 4.69) is 10.2 Å². The van der Waals surface area contributed by atoms with Crippen LogP contribution in [-0.2, 0) is 0 Å². The summed E-state index contributed by atoms with van der Waals surface area (Å²) >= 11 is 0. The second kappa shape index (κ2) is 5.43. The highest BCUT2D eigenvalue weighted by Gasteiger charge is 2.33. The smallest absolute Gasteiger partial charge is 0.257 e. The van der Waals surface area contributed by atoms with Crippen molar-refractivity contribution in [1.82, 2.24) is 10.2 Å². The van der Waals surface area contributed by atoms with Crippen LogP contribution in [0.4, 0.5) is 4.39 Å². The van der Waals surface area contributed by atoms with Gasteiger partial charge in [-0.25, -0.2) is 4.39 Å². The number of aryl methyl sites for hydroxylation is 1. The Kier molecular flexibility index (Phi) is 3.57. The number of Topliss-reactive ketones (excluding diaryl/α,β-unsaturated/α-hetero) is 1. The molecule has 1 unspecified atom stereocenters. The van der Waals surface area contributed by atoms with Gasteiger partial charge in [-0.2, -0.15) is 10.4 Å². The molecule has 2 aromatic rings. The molecule has 1 aromatic heterocycles. The summed E-state index contributed by atoms with van der Waals surface area (Å²) in [6, 6.07) is 4.70. The lowest BCUT2D eigenvalue weighted by Crippen LogP contribution is -2.04. The normalized spacial score (nSPS) is 16.1. The zero-order valence-electron chi connectivity index (χ0n) is 13.0. The van der Waals surface area contributed by atoms with Gasteiger partial charge in [-0.05, 0) is 37.5 Å². The first kappa shape index (κ1) is 15.1. The fourth-order valence-electron chi connectivity index (χ4n) is 2.80. The molecule has 0 bridgehead atoms. The summed E-state index contributed by atoms with van der Waals surface area (Å²) < 4.78 is 19.7. The van der Waals surface area contributed by atoms with Crippen molar-refractivity contribution < 1.29 is 13.9 Å². The summed E-state index contributed by atoms with van der Waals surface area (Å²) in [4.78, 5) is 12.2. The molecule has 0 fully saturated rings. The van der Waals surface area contributed by atoms with Gasteiger partial charge in [0.1, 0.15) is 23.2 Å². The van der Waals surface area contributed by atoms with Gasteiger partial charge >= 0.3 is 0 Å². The van der Waals surface area contributed by atoms with Gasteiger partial charge in [0, 0.05) is 12.0 Å². The Hall–Kier alpha value is -2.81. The molecule has 1 aliphatic rings. The molecule has 5 nitrogen and oxygen atoms in total. The molecule has 0 amide bonds. The number of fused-ring (bicyclic) bond motifs is 1. The van der Waals surface area contributed by atoms with E-state index in [0.29, 0.717) is 16.8 Å². The molecule has 0 N–H and O–H groups in total. The lowest BCUT2D eigenvalue weighted by molar-refractivity contribution is 0.0988. The molecule has 1 heterocycles. The van der Waals surface area contributed by atoms with Gasteiger partial charge in [0.2, 0.25) is 0 Å². The van der Waals surface area contributed by atoms with Crippen LogP contribution >= 0.6 is 0 Å². The van der Waals surface area contributed by atoms with Crippen LogP contribution in [0.1, 0.15) is 52.0 Å². The van der Waals surface area contributed by atoms with Crippen molar-refractivity contribution in [3.05, 3.63) is 45.9 Å². The van der Waals surface area contributed by atoms with Crippen LogP contribution in [0.2, 0.25) is 0 Å². The molecular formula is C17H14FN3O2. The molecule has 1 atom stereocenters. The molecule has 3 rings (SSSR count). The highest BCUT2D eigenvalue weighted by Crippen LogP contribution is 2.41. The number of halogens is 1. The van der Waals surface area contributed by atoms with Crippen LogP contribution in [0.25, 0.3) is 0 Å². The molecule has 116 valence electrons. The SMILES string of the molecule is Cc1nnc(Oc2ccc(F)c3c2C(=O)CC3C)c(C#N)c1C. The maximum atomic E-state index is 14.0. The molecule has 0 saturated heterocycles. The molecule has 0 aliphatic heterocycles. The lowest BCUT2D eigenvalue weighted by Gasteiger charge is -2.12. The standard InChI is InChI=1S/C17H14FN3O2/c1-8-6-13(22)16-14(5-4-12(18)15(8)16)23-17-11(7-19)9(2)10(3)20-21-17/h4-5,8H,6H2,1-3H3. The number of aromatic nitrogens is 2. The minimum absolute atomic E-state index is 0.0248. The maximum Gasteiger partial charge on any atom is 0.257 e. The van der Waals surface area contributed by atoms with Crippen molar-refractivity contribution in [2.45, 2.75) is 33.1 Å². The lowest BCUT2D eigenvalue weighted by atomic mass is 10.0. The second-order valence-corrected chi connectivity index (χ2v) is 5.67. The molecule has 1 aromatic carbocycles. The third kappa shape index (κ3) is 2.34. The van der Waals surface area contributed by atoms with E-state index >= 15 is 0 Å². The number of ether oxygens (including phenoxy) is 1. The molecule has 0 spiro atoms. The number of carbonyl (C=O) groups excluding carboxylic acids is 1. The molecule has 6 heteroatoms. The average Bonchev–Trinajstić information content (AvgIpc) is 2.82. The number of rotatable bonds is 2. The summed E-state index contributed by atoms with van der Waals surface area (Å²) in [5.74, 6) is -0.543. The van der Waals surface area contributed by atoms with Crippen LogP contribution in [0.15, 0.2) is 12.1 Å². The van der Waals surface area contributed by atoms with E-state index in [-0.39, 0.29) is 40.9 Å². The zero-order chi connectivity index (χ0) is 16.7. The van der Waals surface area contributed by atoms with E-state index < -0.39 is 5.82 Å². The van der Waals surface area contributed by atoms with Crippen molar-refractivity contribution in [2.75, 3.05) is 0 Å². The average molecular weight is 311 g/mol. The van der Waals surface area contributed by atoms with E-state index in [0.717, 1.165) is 0 Å². The summed E-state index contributed by atoms with van der Waals surface area (Å²) in [5.41, 5.74) is 2.15. The number of nitriles is 1. The van der Waals surface area contributed by atoms with Gasteiger partial charge in [0.15, 0.2) is 5.78 Å². The van der Waals surface area contributed by atoms with Crippen molar-refractivity contribution in [3.8, 4) is 17.7 Å². The van der Waals surface area contributed by atoms with E-state index in [4.69, 9.17) is 4.74 Å². The van der Waals surface area contributed by atoms with Crippen molar-refractivity contribution in [2.24, 2.45) is 0 Å². The van der Waals surface area contributed by atoms with Crippen LogP contribution in [0.3, 0.4) is 0 Å². The summed E-state index contributed by atoms with van der Waals surface area (Å²) in [6.07, 6.45) is 0.246. The number of benzene rings is 1. The van der Waals surface area contributed by atoms with Crippen molar-refractivity contribution >= 4 is 5.78 Å². The number of hydrogen-bond acceptors (Lipinski definition) is 5. The number of carbonyl (C=O) groups is 1. The Balaban J connectivity index is 2.12. The first-order valence-electron chi connectivity index (χ1n) is 7.21. The first-order valence-corrected chi connectivity index (χ1v) is 7.21. The third-order valence-electron chi connectivity index (χ3n) is 4.16. The van der Waals surface area contributed by atoms with E-state index in [1.807, 2.05) is 6.07 Å². The third-order valence-corrected chi connectivity index (χ3v) is 4.16. The Morgan fingerprint density at radius 2 is 2.09 bits per heavy atom. The van der Waals surface area contributed by atoms with Gasteiger partial charge in [0.05, 0.1) is 11.3 Å². The quantitative estimate of drug-likeness (QED) is 0.847. The van der Waals surface area contributed by atoms with Gasteiger partial charge in [-0.3, -0.25) is 4.79 Å². The highest BCUT2D eigenvalue weighted by atomic mass is 19.1. The number of ketones is 1. The van der Waals surface area contributed by atoms with Crippen LogP contribution in [-0.4, -0.2) is 16.0 Å². The zero-order valence-corrected chi connectivity index (χ0v) is 13.0. The highest BCUT2D eigenvalue weighted by molar-refractivity contribution is 6.03. The van der Waals surface area contributed by atoms with Gasteiger partial charge in [0.25, 0.3) is 5.88 Å². The monoisotopic (exact) mass is 311 g/mol. The summed E-state index contributed by atoms with van der Waals surface area (Å²) in [5, 5.41) is 17.1. The Labute approximate surface area is 132 Å². The molecule has 0 saturated carbocycles. The number of hydrogen-bond donors (Lipinski definition) is 0. The molecule has 23 heavy (non-hydrogen) atoms. The van der Waals surface area contributed by atoms with Crippen LogP contribution in [0, 0.1) is 31.0 Å². The Morgan fingerprint density at radius 3 is 2.78 bits per heavy atom. The topological polar surface area (TPSA) is 75.9 Å². The minimum atomic E-state index is -0.419.